The summed E-state index contributed by atoms with van der Waals surface area (Å²) in [5, 5.41) is 8.93. The first-order valence-electron chi connectivity index (χ1n) is 5.69. The first-order chi connectivity index (χ1) is 9.43. The van der Waals surface area contributed by atoms with Gasteiger partial charge >= 0.3 is 17.9 Å². The van der Waals surface area contributed by atoms with Gasteiger partial charge in [0.05, 0.1) is 17.7 Å². The Hall–Kier alpha value is -2.72. The van der Waals surface area contributed by atoms with E-state index in [-0.39, 0.29) is 29.9 Å². The van der Waals surface area contributed by atoms with E-state index in [1.165, 1.54) is 31.2 Å². The summed E-state index contributed by atoms with van der Waals surface area (Å²) < 4.78 is 9.49. The van der Waals surface area contributed by atoms with E-state index in [1.54, 1.807) is 0 Å². The Morgan fingerprint density at radius 2 is 1.65 bits per heavy atom. The van der Waals surface area contributed by atoms with E-state index in [2.05, 4.69) is 4.74 Å². The van der Waals surface area contributed by atoms with Gasteiger partial charge in [-0.1, -0.05) is 12.1 Å². The van der Waals surface area contributed by atoms with Crippen molar-refractivity contribution < 1.29 is 29.0 Å². The summed E-state index contributed by atoms with van der Waals surface area (Å²) in [5.74, 6) is -2.71. The second-order valence-electron chi connectivity index (χ2n) is 3.81. The molecule has 1 aromatic carbocycles. The van der Waals surface area contributed by atoms with Gasteiger partial charge < -0.3 is 14.6 Å². The van der Waals surface area contributed by atoms with E-state index >= 15 is 0 Å². The van der Waals surface area contributed by atoms with Crippen molar-refractivity contribution in [2.45, 2.75) is 6.92 Å². The van der Waals surface area contributed by atoms with Crippen molar-refractivity contribution >= 4 is 17.9 Å². The van der Waals surface area contributed by atoms with Gasteiger partial charge in [0.15, 0.2) is 6.61 Å². The quantitative estimate of drug-likeness (QED) is 0.366. The van der Waals surface area contributed by atoms with Crippen molar-refractivity contribution in [2.75, 3.05) is 13.2 Å². The van der Waals surface area contributed by atoms with E-state index in [0.29, 0.717) is 0 Å². The topological polar surface area (TPSA) is 89.9 Å². The minimum absolute atomic E-state index is 0.00690. The molecule has 6 nitrogen and oxygen atoms in total. The maximum Gasteiger partial charge on any atom is 0.487 e. The molecule has 0 atom stereocenters. The predicted molar refractivity (Wildman–Crippen MR) is 68.1 cm³/mol. The molecule has 0 radical (unpaired) electrons. The van der Waals surface area contributed by atoms with Crippen molar-refractivity contribution in [2.24, 2.45) is 0 Å². The van der Waals surface area contributed by atoms with Gasteiger partial charge in [-0.3, -0.25) is 0 Å². The lowest BCUT2D eigenvalue weighted by molar-refractivity contribution is -0.140. The van der Waals surface area contributed by atoms with Crippen LogP contribution < -0.4 is 0 Å². The molecule has 1 aromatic rings. The molecule has 0 fully saturated rings. The number of esters is 2. The molecule has 1 rings (SSSR count). The van der Waals surface area contributed by atoms with Gasteiger partial charge in [-0.15, -0.1) is 4.79 Å². The zero-order valence-electron chi connectivity index (χ0n) is 10.8. The van der Waals surface area contributed by atoms with Gasteiger partial charge in [-0.05, 0) is 12.1 Å². The van der Waals surface area contributed by atoms with Crippen LogP contribution in [0.2, 0.25) is 0 Å². The second-order valence-corrected chi connectivity index (χ2v) is 3.81. The Kier molecular flexibility index (Phi) is 5.38. The minimum Gasteiger partial charge on any atom is -0.478 e. The van der Waals surface area contributed by atoms with Crippen LogP contribution in [-0.4, -0.2) is 36.2 Å². The van der Waals surface area contributed by atoms with Crippen LogP contribution in [0.25, 0.3) is 0 Å². The fourth-order valence-corrected chi connectivity index (χ4v) is 1.31. The molecule has 1 N–H and O–H groups in total. The lowest BCUT2D eigenvalue weighted by Crippen LogP contribution is -2.16. The van der Waals surface area contributed by atoms with Gasteiger partial charge in [0.1, 0.15) is 6.61 Å². The number of carboxylic acid groups (broad SMARTS) is 1. The number of carbonyl (C=O) groups excluding carboxylic acids is 2. The van der Waals surface area contributed by atoms with Crippen LogP contribution in [0.5, 0.6) is 0 Å². The standard InChI is InChI=1S/C14H12O6/c1-9(2)13(17)19-7-8-20-14(18)11-6-4-3-5-10(11)12(15)16/h1,3-6H,7-8H2,2H3/p+1. The zero-order valence-corrected chi connectivity index (χ0v) is 10.8. The molecule has 20 heavy (non-hydrogen) atoms. The molecule has 0 amide bonds. The summed E-state index contributed by atoms with van der Waals surface area (Å²) in [7, 11) is 0. The summed E-state index contributed by atoms with van der Waals surface area (Å²) in [6.45, 7) is 6.23. The SMILES string of the molecule is [CH+]=C(C)C(=O)OCCOC(=O)c1ccccc1C(=O)O. The Morgan fingerprint density at radius 3 is 2.20 bits per heavy atom. The van der Waals surface area contributed by atoms with Crippen LogP contribution >= 0.6 is 0 Å². The number of hydrogen-bond donors (Lipinski definition) is 1. The van der Waals surface area contributed by atoms with Gasteiger partial charge in [0.25, 0.3) is 0 Å². The van der Waals surface area contributed by atoms with Gasteiger partial charge in [0.2, 0.25) is 5.57 Å². The van der Waals surface area contributed by atoms with E-state index < -0.39 is 17.9 Å². The monoisotopic (exact) mass is 277 g/mol. The first kappa shape index (κ1) is 15.3. The van der Waals surface area contributed by atoms with E-state index in [0.717, 1.165) is 0 Å². The zero-order chi connectivity index (χ0) is 15.1. The second kappa shape index (κ2) is 7.01. The molecule has 0 bridgehead atoms. The summed E-state index contributed by atoms with van der Waals surface area (Å²) in [4.78, 5) is 33.6. The average molecular weight is 277 g/mol. The third kappa shape index (κ3) is 4.19. The summed E-state index contributed by atoms with van der Waals surface area (Å²) in [6.07, 6.45) is 0. The first-order valence-corrected chi connectivity index (χ1v) is 5.69. The smallest absolute Gasteiger partial charge is 0.478 e. The van der Waals surface area contributed by atoms with Gasteiger partial charge in [0, 0.05) is 6.92 Å². The number of hydrogen-bond acceptors (Lipinski definition) is 5. The largest absolute Gasteiger partial charge is 0.487 e. The molecule has 6 heteroatoms. The molecule has 0 saturated carbocycles. The Morgan fingerprint density at radius 1 is 1.10 bits per heavy atom. The number of carbonyl (C=O) groups is 3. The van der Waals surface area contributed by atoms with Crippen LogP contribution in [0.1, 0.15) is 27.6 Å². The molecule has 0 aromatic heterocycles. The molecule has 0 heterocycles. The van der Waals surface area contributed by atoms with E-state index in [4.69, 9.17) is 16.4 Å². The molecule has 0 saturated heterocycles. The number of rotatable bonds is 6. The highest BCUT2D eigenvalue weighted by Gasteiger charge is 2.18. The molecule has 0 aliphatic carbocycles. The summed E-state index contributed by atoms with van der Waals surface area (Å²) in [6, 6.07) is 5.67. The molecule has 0 aliphatic rings. The highest BCUT2D eigenvalue weighted by atomic mass is 16.6. The third-order valence-corrected chi connectivity index (χ3v) is 2.25. The molecule has 0 aliphatic heterocycles. The molecule has 0 spiro atoms. The normalized spacial score (nSPS) is 9.60. The highest BCUT2D eigenvalue weighted by molar-refractivity contribution is 6.02. The molecular formula is C14H13O6+. The fraction of sp³-hybridized carbons (Fsp3) is 0.214. The maximum absolute atomic E-state index is 11.7. The Labute approximate surface area is 115 Å². The van der Waals surface area contributed by atoms with Crippen molar-refractivity contribution in [3.8, 4) is 0 Å². The highest BCUT2D eigenvalue weighted by Crippen LogP contribution is 2.10. The molecular weight excluding hydrogens is 264 g/mol. The lowest BCUT2D eigenvalue weighted by atomic mass is 10.1. The number of aromatic carboxylic acids is 1. The molecule has 104 valence electrons. The van der Waals surface area contributed by atoms with Gasteiger partial charge in [-0.25, -0.2) is 9.59 Å². The van der Waals surface area contributed by atoms with Crippen molar-refractivity contribution in [3.63, 3.8) is 0 Å². The Balaban J connectivity index is 2.54. The number of carboxylic acids is 1. The predicted octanol–water partition coefficient (Wildman–Crippen LogP) is 1.46. The lowest BCUT2D eigenvalue weighted by Gasteiger charge is -2.06. The summed E-state index contributed by atoms with van der Waals surface area (Å²) >= 11 is 0. The van der Waals surface area contributed by atoms with Crippen molar-refractivity contribution in [1.29, 1.82) is 0 Å². The number of benzene rings is 1. The van der Waals surface area contributed by atoms with E-state index in [1.807, 2.05) is 0 Å². The average Bonchev–Trinajstić information content (AvgIpc) is 2.42. The van der Waals surface area contributed by atoms with Crippen molar-refractivity contribution in [1.82, 2.24) is 0 Å². The van der Waals surface area contributed by atoms with Crippen LogP contribution in [-0.2, 0) is 14.3 Å². The van der Waals surface area contributed by atoms with Crippen LogP contribution in [0.3, 0.4) is 0 Å². The molecule has 0 unspecified atom stereocenters. The van der Waals surface area contributed by atoms with Crippen LogP contribution in [0.4, 0.5) is 0 Å². The fourth-order valence-electron chi connectivity index (χ4n) is 1.31. The van der Waals surface area contributed by atoms with Crippen molar-refractivity contribution in [3.05, 3.63) is 47.5 Å². The van der Waals surface area contributed by atoms with E-state index in [9.17, 15) is 14.4 Å². The third-order valence-electron chi connectivity index (χ3n) is 2.25. The summed E-state index contributed by atoms with van der Waals surface area (Å²) in [5.41, 5.74) is -0.221. The number of ether oxygens (including phenoxy) is 2. The van der Waals surface area contributed by atoms with Gasteiger partial charge in [-0.2, -0.15) is 0 Å². The van der Waals surface area contributed by atoms with Crippen LogP contribution in [0.15, 0.2) is 29.8 Å². The Bertz CT molecular complexity index is 546. The minimum atomic E-state index is -1.22. The van der Waals surface area contributed by atoms with Crippen LogP contribution in [0, 0.1) is 6.58 Å². The maximum atomic E-state index is 11.7.